The quantitative estimate of drug-likeness (QED) is 0.912. The third kappa shape index (κ3) is 3.34. The van der Waals surface area contributed by atoms with Gasteiger partial charge in [-0.2, -0.15) is 13.2 Å². The molecule has 1 aromatic rings. The predicted octanol–water partition coefficient (Wildman–Crippen LogP) is 2.41. The van der Waals surface area contributed by atoms with Gasteiger partial charge in [-0.1, -0.05) is 30.3 Å². The number of likely N-dealkylation sites (tertiary alicyclic amines) is 1. The summed E-state index contributed by atoms with van der Waals surface area (Å²) in [6.45, 7) is -0.213. The summed E-state index contributed by atoms with van der Waals surface area (Å²) in [6.07, 6.45) is -4.75. The molecule has 1 N–H and O–H groups in total. The highest BCUT2D eigenvalue weighted by molar-refractivity contribution is 5.87. The number of benzene rings is 1. The molecule has 21 heavy (non-hydrogen) atoms. The fraction of sp³-hybridized carbons (Fsp3) is 0.429. The van der Waals surface area contributed by atoms with Crippen LogP contribution in [0, 0.1) is 0 Å². The van der Waals surface area contributed by atoms with Crippen LogP contribution in [0.1, 0.15) is 24.3 Å². The minimum atomic E-state index is -5.05. The zero-order valence-electron chi connectivity index (χ0n) is 11.0. The molecule has 2 atom stereocenters. The lowest BCUT2D eigenvalue weighted by Gasteiger charge is -2.37. The molecule has 1 aliphatic rings. The first kappa shape index (κ1) is 15.3. The molecular formula is C14H14F3NO3. The maximum Gasteiger partial charge on any atom is 0.471 e. The number of carboxylic acid groups (broad SMARTS) is 1. The Kier molecular flexibility index (Phi) is 4.20. The summed E-state index contributed by atoms with van der Waals surface area (Å²) in [5.74, 6) is -3.65. The molecular weight excluding hydrogens is 287 g/mol. The molecule has 2 unspecified atom stereocenters. The first-order chi connectivity index (χ1) is 9.80. The van der Waals surface area contributed by atoms with Crippen molar-refractivity contribution in [2.45, 2.75) is 31.0 Å². The number of amides is 1. The minimum Gasteiger partial charge on any atom is -0.480 e. The highest BCUT2D eigenvalue weighted by Crippen LogP contribution is 2.33. The number of carbonyl (C=O) groups excluding carboxylic acids is 1. The summed E-state index contributed by atoms with van der Waals surface area (Å²) < 4.78 is 37.5. The number of hydrogen-bond donors (Lipinski definition) is 1. The summed E-state index contributed by atoms with van der Waals surface area (Å²) in [6, 6.07) is 7.56. The van der Waals surface area contributed by atoms with E-state index in [1.165, 1.54) is 0 Å². The van der Waals surface area contributed by atoms with E-state index in [9.17, 15) is 22.8 Å². The van der Waals surface area contributed by atoms with Crippen molar-refractivity contribution in [2.75, 3.05) is 6.54 Å². The number of piperidine rings is 1. The molecule has 1 aromatic carbocycles. The van der Waals surface area contributed by atoms with Gasteiger partial charge in [-0.15, -0.1) is 0 Å². The standard InChI is InChI=1S/C14H14F3NO3/c15-14(16,17)13(21)18-7-6-10(8-11(18)12(19)20)9-4-2-1-3-5-9/h1-5,10-11H,6-8H2,(H,19,20). The van der Waals surface area contributed by atoms with Crippen molar-refractivity contribution in [1.29, 1.82) is 0 Å². The average molecular weight is 301 g/mol. The molecule has 1 fully saturated rings. The molecule has 114 valence electrons. The molecule has 0 bridgehead atoms. The summed E-state index contributed by atoms with van der Waals surface area (Å²) in [4.78, 5) is 22.9. The van der Waals surface area contributed by atoms with E-state index >= 15 is 0 Å². The number of rotatable bonds is 2. The van der Waals surface area contributed by atoms with Crippen LogP contribution in [0.2, 0.25) is 0 Å². The zero-order chi connectivity index (χ0) is 15.6. The van der Waals surface area contributed by atoms with E-state index in [2.05, 4.69) is 0 Å². The van der Waals surface area contributed by atoms with Crippen molar-refractivity contribution in [3.8, 4) is 0 Å². The van der Waals surface area contributed by atoms with Gasteiger partial charge < -0.3 is 10.0 Å². The van der Waals surface area contributed by atoms with Gasteiger partial charge in [0.25, 0.3) is 0 Å². The van der Waals surface area contributed by atoms with Crippen LogP contribution in [0.25, 0.3) is 0 Å². The molecule has 0 aromatic heterocycles. The maximum absolute atomic E-state index is 12.5. The highest BCUT2D eigenvalue weighted by atomic mass is 19.4. The SMILES string of the molecule is O=C(O)C1CC(c2ccccc2)CCN1C(=O)C(F)(F)F. The number of nitrogens with zero attached hydrogens (tertiary/aromatic N) is 1. The summed E-state index contributed by atoms with van der Waals surface area (Å²) >= 11 is 0. The number of alkyl halides is 3. The molecule has 0 radical (unpaired) electrons. The Balaban J connectivity index is 2.19. The van der Waals surface area contributed by atoms with Crippen molar-refractivity contribution in [3.05, 3.63) is 35.9 Å². The lowest BCUT2D eigenvalue weighted by molar-refractivity contribution is -0.191. The van der Waals surface area contributed by atoms with Crippen LogP contribution in [0.4, 0.5) is 13.2 Å². The fourth-order valence-electron chi connectivity index (χ4n) is 2.63. The number of hydrogen-bond acceptors (Lipinski definition) is 2. The monoisotopic (exact) mass is 301 g/mol. The van der Waals surface area contributed by atoms with E-state index in [1.54, 1.807) is 18.2 Å². The van der Waals surface area contributed by atoms with Gasteiger partial charge in [-0.25, -0.2) is 4.79 Å². The van der Waals surface area contributed by atoms with Crippen LogP contribution in [0.15, 0.2) is 30.3 Å². The van der Waals surface area contributed by atoms with E-state index in [0.717, 1.165) is 5.56 Å². The van der Waals surface area contributed by atoms with E-state index in [1.807, 2.05) is 12.1 Å². The molecule has 7 heteroatoms. The summed E-state index contributed by atoms with van der Waals surface area (Å²) in [7, 11) is 0. The maximum atomic E-state index is 12.5. The van der Waals surface area contributed by atoms with Crippen LogP contribution >= 0.6 is 0 Å². The van der Waals surface area contributed by atoms with Crippen molar-refractivity contribution >= 4 is 11.9 Å². The Hall–Kier alpha value is -2.05. The molecule has 4 nitrogen and oxygen atoms in total. The molecule has 1 aliphatic heterocycles. The Morgan fingerprint density at radius 2 is 1.81 bits per heavy atom. The first-order valence-corrected chi connectivity index (χ1v) is 6.46. The van der Waals surface area contributed by atoms with E-state index in [0.29, 0.717) is 11.3 Å². The molecule has 1 heterocycles. The first-order valence-electron chi connectivity index (χ1n) is 6.46. The fourth-order valence-corrected chi connectivity index (χ4v) is 2.63. The zero-order valence-corrected chi connectivity index (χ0v) is 11.0. The van der Waals surface area contributed by atoms with Gasteiger partial charge in [0.1, 0.15) is 6.04 Å². The van der Waals surface area contributed by atoms with Gasteiger partial charge in [-0.05, 0) is 24.3 Å². The average Bonchev–Trinajstić information content (AvgIpc) is 2.45. The Bertz CT molecular complexity index is 530. The Morgan fingerprint density at radius 1 is 1.19 bits per heavy atom. The normalized spacial score (nSPS) is 22.9. The molecule has 1 amide bonds. The lowest BCUT2D eigenvalue weighted by atomic mass is 9.85. The minimum absolute atomic E-state index is 0.0127. The third-order valence-corrected chi connectivity index (χ3v) is 3.66. The van der Waals surface area contributed by atoms with Gasteiger partial charge in [0.15, 0.2) is 0 Å². The van der Waals surface area contributed by atoms with Crippen LogP contribution in [0.3, 0.4) is 0 Å². The molecule has 0 saturated carbocycles. The molecule has 0 aliphatic carbocycles. The van der Waals surface area contributed by atoms with Crippen molar-refractivity contribution in [1.82, 2.24) is 4.90 Å². The summed E-state index contributed by atoms with van der Waals surface area (Å²) in [5.41, 5.74) is 0.878. The van der Waals surface area contributed by atoms with Crippen molar-refractivity contribution in [2.24, 2.45) is 0 Å². The Labute approximate surface area is 119 Å². The second kappa shape index (κ2) is 5.75. The molecule has 2 rings (SSSR count). The second-order valence-electron chi connectivity index (χ2n) is 4.98. The molecule has 1 saturated heterocycles. The number of carbonyl (C=O) groups is 2. The summed E-state index contributed by atoms with van der Waals surface area (Å²) in [5, 5.41) is 9.13. The smallest absolute Gasteiger partial charge is 0.471 e. The number of carboxylic acids is 1. The van der Waals surface area contributed by atoms with Crippen LogP contribution in [-0.4, -0.2) is 40.6 Å². The number of aliphatic carboxylic acids is 1. The topological polar surface area (TPSA) is 57.6 Å². The predicted molar refractivity (Wildman–Crippen MR) is 67.6 cm³/mol. The second-order valence-corrected chi connectivity index (χ2v) is 4.98. The van der Waals surface area contributed by atoms with Gasteiger partial charge in [0.2, 0.25) is 0 Å². The van der Waals surface area contributed by atoms with Crippen molar-refractivity contribution in [3.63, 3.8) is 0 Å². The lowest BCUT2D eigenvalue weighted by Crippen LogP contribution is -2.53. The van der Waals surface area contributed by atoms with Crippen LogP contribution < -0.4 is 0 Å². The van der Waals surface area contributed by atoms with Crippen LogP contribution in [0.5, 0.6) is 0 Å². The number of halogens is 3. The molecule has 0 spiro atoms. The van der Waals surface area contributed by atoms with E-state index in [-0.39, 0.29) is 18.9 Å². The third-order valence-electron chi connectivity index (χ3n) is 3.66. The van der Waals surface area contributed by atoms with Gasteiger partial charge in [0, 0.05) is 6.54 Å². The van der Waals surface area contributed by atoms with Gasteiger partial charge in [0.05, 0.1) is 0 Å². The van der Waals surface area contributed by atoms with Crippen molar-refractivity contribution < 1.29 is 27.9 Å². The Morgan fingerprint density at radius 3 is 2.33 bits per heavy atom. The van der Waals surface area contributed by atoms with Gasteiger partial charge in [-0.3, -0.25) is 4.79 Å². The van der Waals surface area contributed by atoms with E-state index < -0.39 is 24.1 Å². The highest BCUT2D eigenvalue weighted by Gasteiger charge is 2.48. The largest absolute Gasteiger partial charge is 0.480 e. The van der Waals surface area contributed by atoms with Gasteiger partial charge >= 0.3 is 18.1 Å². The van der Waals surface area contributed by atoms with Crippen LogP contribution in [-0.2, 0) is 9.59 Å². The van der Waals surface area contributed by atoms with E-state index in [4.69, 9.17) is 5.11 Å².